The second-order valence-corrected chi connectivity index (χ2v) is 8.60. The number of carbonyl (C=O) groups excluding carboxylic acids is 1. The van der Waals surface area contributed by atoms with E-state index >= 15 is 0 Å². The van der Waals surface area contributed by atoms with Crippen LogP contribution < -0.4 is 4.74 Å². The van der Waals surface area contributed by atoms with Crippen molar-refractivity contribution >= 4 is 5.91 Å². The number of rotatable bonds is 3. The Morgan fingerprint density at radius 2 is 2.04 bits per heavy atom. The number of amides is 1. The molecule has 1 aromatic rings. The maximum Gasteiger partial charge on any atom is 0.225 e. The third-order valence-corrected chi connectivity index (χ3v) is 6.44. The molecule has 0 radical (unpaired) electrons. The van der Waals surface area contributed by atoms with Crippen molar-refractivity contribution < 1.29 is 19.0 Å². The van der Waals surface area contributed by atoms with Gasteiger partial charge >= 0.3 is 0 Å². The number of methoxy groups -OCH3 is 1. The number of halogens is 1. The van der Waals surface area contributed by atoms with Crippen LogP contribution in [-0.4, -0.2) is 41.7 Å². The summed E-state index contributed by atoms with van der Waals surface area (Å²) >= 11 is 0. The summed E-state index contributed by atoms with van der Waals surface area (Å²) in [7, 11) is 1.49. The molecule has 2 aliphatic carbocycles. The quantitative estimate of drug-likeness (QED) is 0.914. The van der Waals surface area contributed by atoms with Gasteiger partial charge in [0.15, 0.2) is 11.6 Å². The number of aliphatic hydroxyl groups is 1. The van der Waals surface area contributed by atoms with Crippen LogP contribution in [0.4, 0.5) is 4.39 Å². The Bertz CT molecular complexity index is 688. The average molecular weight is 347 g/mol. The molecule has 0 bridgehead atoms. The van der Waals surface area contributed by atoms with Gasteiger partial charge in [-0.2, -0.15) is 0 Å². The lowest BCUT2D eigenvalue weighted by atomic mass is 9.69. The molecule has 2 saturated carbocycles. The fourth-order valence-electron chi connectivity index (χ4n) is 5.11. The summed E-state index contributed by atoms with van der Waals surface area (Å²) in [4.78, 5) is 14.4. The Balaban J connectivity index is 1.37. The minimum absolute atomic E-state index is 0.0135. The van der Waals surface area contributed by atoms with Gasteiger partial charge in [0.1, 0.15) is 0 Å². The average Bonchev–Trinajstić information content (AvgIpc) is 2.96. The van der Waals surface area contributed by atoms with Crippen molar-refractivity contribution in [2.75, 3.05) is 20.2 Å². The van der Waals surface area contributed by atoms with Gasteiger partial charge in [-0.3, -0.25) is 4.79 Å². The fourth-order valence-corrected chi connectivity index (χ4v) is 5.11. The highest BCUT2D eigenvalue weighted by molar-refractivity contribution is 5.81. The largest absolute Gasteiger partial charge is 0.494 e. The summed E-state index contributed by atoms with van der Waals surface area (Å²) in [5.41, 5.74) is 0.240. The zero-order valence-corrected chi connectivity index (χ0v) is 14.9. The molecular weight excluding hydrogens is 321 g/mol. The first-order chi connectivity index (χ1) is 11.8. The Hall–Kier alpha value is -1.62. The van der Waals surface area contributed by atoms with Gasteiger partial charge < -0.3 is 14.7 Å². The van der Waals surface area contributed by atoms with E-state index < -0.39 is 5.60 Å². The van der Waals surface area contributed by atoms with E-state index in [1.54, 1.807) is 13.0 Å². The van der Waals surface area contributed by atoms with Crippen LogP contribution in [0.15, 0.2) is 18.2 Å². The van der Waals surface area contributed by atoms with Gasteiger partial charge in [-0.05, 0) is 56.6 Å². The number of hydrogen-bond donors (Lipinski definition) is 1. The normalized spacial score (nSPS) is 33.0. The van der Waals surface area contributed by atoms with Crippen molar-refractivity contribution in [3.63, 3.8) is 0 Å². The van der Waals surface area contributed by atoms with E-state index in [9.17, 15) is 14.3 Å². The molecular formula is C20H26FNO3. The molecule has 1 saturated heterocycles. The smallest absolute Gasteiger partial charge is 0.225 e. The summed E-state index contributed by atoms with van der Waals surface area (Å²) < 4.78 is 19.6. The van der Waals surface area contributed by atoms with Crippen molar-refractivity contribution in [1.29, 1.82) is 0 Å². The standard InChI is InChI=1S/C20H26FNO3/c1-19(24)8-14(9-19)18(23)22-11-20(12-22)7-6-13(10-20)15-4-3-5-16(25-2)17(15)21/h3-5,13-14,24H,6-12H2,1-2H3. The van der Waals surface area contributed by atoms with Crippen LogP contribution in [0.5, 0.6) is 5.75 Å². The first kappa shape index (κ1) is 16.8. The molecule has 4 rings (SSSR count). The van der Waals surface area contributed by atoms with E-state index in [1.165, 1.54) is 7.11 Å². The molecule has 4 nitrogen and oxygen atoms in total. The number of hydrogen-bond acceptors (Lipinski definition) is 3. The van der Waals surface area contributed by atoms with Crippen LogP contribution in [0, 0.1) is 17.2 Å². The molecule has 5 heteroatoms. The topological polar surface area (TPSA) is 49.8 Å². The van der Waals surface area contributed by atoms with Crippen LogP contribution in [-0.2, 0) is 4.79 Å². The first-order valence-corrected chi connectivity index (χ1v) is 9.16. The van der Waals surface area contributed by atoms with Crippen LogP contribution in [0.2, 0.25) is 0 Å². The monoisotopic (exact) mass is 347 g/mol. The van der Waals surface area contributed by atoms with Gasteiger partial charge in [0.2, 0.25) is 5.91 Å². The third kappa shape index (κ3) is 2.82. The molecule has 1 spiro atoms. The lowest BCUT2D eigenvalue weighted by Crippen LogP contribution is -2.61. The highest BCUT2D eigenvalue weighted by Gasteiger charge is 2.53. The minimum Gasteiger partial charge on any atom is -0.494 e. The van der Waals surface area contributed by atoms with Crippen LogP contribution in [0.25, 0.3) is 0 Å². The Morgan fingerprint density at radius 3 is 2.68 bits per heavy atom. The van der Waals surface area contributed by atoms with Gasteiger partial charge in [-0.15, -0.1) is 0 Å². The number of carbonyl (C=O) groups is 1. The van der Waals surface area contributed by atoms with Crippen LogP contribution in [0.3, 0.4) is 0 Å². The van der Waals surface area contributed by atoms with Crippen LogP contribution in [0.1, 0.15) is 50.5 Å². The molecule has 1 heterocycles. The van der Waals surface area contributed by atoms with Crippen molar-refractivity contribution in [3.8, 4) is 5.75 Å². The number of likely N-dealkylation sites (tertiary alicyclic amines) is 1. The molecule has 1 aliphatic heterocycles. The van der Waals surface area contributed by atoms with E-state index in [4.69, 9.17) is 4.74 Å². The zero-order chi connectivity index (χ0) is 17.8. The Labute approximate surface area is 148 Å². The van der Waals surface area contributed by atoms with E-state index in [-0.39, 0.29) is 29.0 Å². The maximum absolute atomic E-state index is 14.5. The second kappa shape index (κ2) is 5.70. The number of nitrogens with zero attached hydrogens (tertiary/aromatic N) is 1. The summed E-state index contributed by atoms with van der Waals surface area (Å²) in [6.45, 7) is 3.36. The number of ether oxygens (including phenoxy) is 1. The zero-order valence-electron chi connectivity index (χ0n) is 14.9. The molecule has 25 heavy (non-hydrogen) atoms. The first-order valence-electron chi connectivity index (χ1n) is 9.16. The molecule has 0 aromatic heterocycles. The van der Waals surface area contributed by atoms with Crippen molar-refractivity contribution in [2.24, 2.45) is 11.3 Å². The summed E-state index contributed by atoms with van der Waals surface area (Å²) in [5, 5.41) is 9.82. The Kier molecular flexibility index (Phi) is 3.83. The van der Waals surface area contributed by atoms with Crippen molar-refractivity contribution in [3.05, 3.63) is 29.6 Å². The number of benzene rings is 1. The predicted octanol–water partition coefficient (Wildman–Crippen LogP) is 3.09. The van der Waals surface area contributed by atoms with Gasteiger partial charge in [0.05, 0.1) is 12.7 Å². The second-order valence-electron chi connectivity index (χ2n) is 8.60. The van der Waals surface area contributed by atoms with E-state index in [0.717, 1.165) is 37.9 Å². The Morgan fingerprint density at radius 1 is 1.32 bits per heavy atom. The molecule has 1 unspecified atom stereocenters. The highest BCUT2D eigenvalue weighted by Crippen LogP contribution is 2.53. The van der Waals surface area contributed by atoms with Gasteiger partial charge in [0.25, 0.3) is 0 Å². The van der Waals surface area contributed by atoms with Crippen molar-refractivity contribution in [1.82, 2.24) is 4.90 Å². The van der Waals surface area contributed by atoms with Crippen molar-refractivity contribution in [2.45, 2.75) is 50.5 Å². The van der Waals surface area contributed by atoms with E-state index in [1.807, 2.05) is 17.0 Å². The third-order valence-electron chi connectivity index (χ3n) is 6.44. The van der Waals surface area contributed by atoms with E-state index in [0.29, 0.717) is 18.6 Å². The van der Waals surface area contributed by atoms with Gasteiger partial charge in [-0.25, -0.2) is 4.39 Å². The van der Waals surface area contributed by atoms with Gasteiger partial charge in [-0.1, -0.05) is 12.1 Å². The fraction of sp³-hybridized carbons (Fsp3) is 0.650. The van der Waals surface area contributed by atoms with Gasteiger partial charge in [0, 0.05) is 24.4 Å². The molecule has 1 aromatic carbocycles. The molecule has 1 amide bonds. The maximum atomic E-state index is 14.5. The molecule has 1 atom stereocenters. The van der Waals surface area contributed by atoms with Crippen LogP contribution >= 0.6 is 0 Å². The SMILES string of the molecule is COc1cccc(C2CCC3(C2)CN(C(=O)C2CC(C)(O)C2)C3)c1F. The lowest BCUT2D eigenvalue weighted by molar-refractivity contribution is -0.161. The lowest BCUT2D eigenvalue weighted by Gasteiger charge is -2.52. The summed E-state index contributed by atoms with van der Waals surface area (Å²) in [5.74, 6) is 0.447. The summed E-state index contributed by atoms with van der Waals surface area (Å²) in [6, 6.07) is 5.36. The molecule has 136 valence electrons. The summed E-state index contributed by atoms with van der Waals surface area (Å²) in [6.07, 6.45) is 4.09. The predicted molar refractivity (Wildman–Crippen MR) is 91.9 cm³/mol. The minimum atomic E-state index is -0.661. The highest BCUT2D eigenvalue weighted by atomic mass is 19.1. The molecule has 3 aliphatic rings. The molecule has 3 fully saturated rings. The van der Waals surface area contributed by atoms with E-state index in [2.05, 4.69) is 0 Å². The molecule has 1 N–H and O–H groups in total.